The van der Waals surface area contributed by atoms with Crippen LogP contribution in [0.25, 0.3) is 11.1 Å². The van der Waals surface area contributed by atoms with Crippen LogP contribution in [0.4, 0.5) is 10.2 Å². The summed E-state index contributed by atoms with van der Waals surface area (Å²) in [5.41, 5.74) is 5.56. The average molecular weight is 232 g/mol. The van der Waals surface area contributed by atoms with E-state index in [1.807, 2.05) is 0 Å². The average Bonchev–Trinajstić information content (AvgIpc) is 2.30. The summed E-state index contributed by atoms with van der Waals surface area (Å²) in [6.07, 6.45) is 0. The van der Waals surface area contributed by atoms with Gasteiger partial charge in [0.15, 0.2) is 5.69 Å². The van der Waals surface area contributed by atoms with Gasteiger partial charge in [-0.05, 0) is 18.2 Å². The van der Waals surface area contributed by atoms with Gasteiger partial charge in [0.05, 0.1) is 0 Å². The molecule has 86 valence electrons. The van der Waals surface area contributed by atoms with E-state index in [1.54, 1.807) is 6.07 Å². The van der Waals surface area contributed by atoms with Gasteiger partial charge in [-0.3, -0.25) is 0 Å². The quantitative estimate of drug-likeness (QED) is 0.831. The highest BCUT2D eigenvalue weighted by molar-refractivity contribution is 5.94. The zero-order valence-electron chi connectivity index (χ0n) is 8.72. The number of aromatic carboxylic acids is 1. The number of nitrogens with two attached hydrogens (primary N) is 1. The second-order valence-corrected chi connectivity index (χ2v) is 3.42. The Kier molecular flexibility index (Phi) is 2.74. The van der Waals surface area contributed by atoms with E-state index in [4.69, 9.17) is 10.8 Å². The van der Waals surface area contributed by atoms with Gasteiger partial charge in [0.1, 0.15) is 11.6 Å². The molecule has 4 nitrogen and oxygen atoms in total. The van der Waals surface area contributed by atoms with Crippen molar-refractivity contribution in [3.63, 3.8) is 0 Å². The number of hydrogen-bond acceptors (Lipinski definition) is 3. The molecule has 1 heterocycles. The Bertz CT molecular complexity index is 584. The van der Waals surface area contributed by atoms with Crippen LogP contribution < -0.4 is 5.73 Å². The zero-order valence-corrected chi connectivity index (χ0v) is 8.72. The van der Waals surface area contributed by atoms with Crippen LogP contribution in [0.2, 0.25) is 0 Å². The molecule has 1 aromatic heterocycles. The monoisotopic (exact) mass is 232 g/mol. The van der Waals surface area contributed by atoms with Crippen LogP contribution >= 0.6 is 0 Å². The molecule has 0 fully saturated rings. The molecule has 0 saturated heterocycles. The van der Waals surface area contributed by atoms with Crippen molar-refractivity contribution < 1.29 is 14.3 Å². The van der Waals surface area contributed by atoms with E-state index in [1.165, 1.54) is 30.3 Å². The van der Waals surface area contributed by atoms with Crippen LogP contribution in [0.5, 0.6) is 0 Å². The molecule has 1 aromatic carbocycles. The first-order valence-corrected chi connectivity index (χ1v) is 4.84. The number of hydrogen-bond donors (Lipinski definition) is 2. The number of aromatic nitrogens is 1. The number of anilines is 1. The maximum Gasteiger partial charge on any atom is 0.355 e. The third kappa shape index (κ3) is 2.08. The third-order valence-electron chi connectivity index (χ3n) is 2.28. The number of nitrogens with zero attached hydrogens (tertiary/aromatic N) is 1. The lowest BCUT2D eigenvalue weighted by atomic mass is 10.0. The number of carbonyl (C=O) groups is 1. The molecule has 5 heteroatoms. The molecule has 3 N–H and O–H groups in total. The van der Waals surface area contributed by atoms with Crippen LogP contribution in [0.1, 0.15) is 10.5 Å². The van der Waals surface area contributed by atoms with E-state index in [2.05, 4.69) is 4.98 Å². The van der Waals surface area contributed by atoms with Crippen molar-refractivity contribution in [2.75, 3.05) is 5.73 Å². The summed E-state index contributed by atoms with van der Waals surface area (Å²) in [6, 6.07) is 8.80. The maximum atomic E-state index is 13.6. The van der Waals surface area contributed by atoms with Crippen molar-refractivity contribution in [3.8, 4) is 11.1 Å². The largest absolute Gasteiger partial charge is 0.476 e. The Morgan fingerprint density at radius 3 is 2.53 bits per heavy atom. The summed E-state index contributed by atoms with van der Waals surface area (Å²) in [7, 11) is 0. The fourth-order valence-corrected chi connectivity index (χ4v) is 1.53. The Balaban J connectivity index is 2.68. The minimum absolute atomic E-state index is 0.0856. The van der Waals surface area contributed by atoms with Gasteiger partial charge in [0, 0.05) is 11.1 Å². The first kappa shape index (κ1) is 11.1. The van der Waals surface area contributed by atoms with Gasteiger partial charge in [-0.15, -0.1) is 0 Å². The number of carboxylic acid groups (broad SMARTS) is 1. The molecule has 0 aliphatic heterocycles. The number of halogens is 1. The van der Waals surface area contributed by atoms with E-state index in [9.17, 15) is 9.18 Å². The van der Waals surface area contributed by atoms with Crippen LogP contribution in [0.15, 0.2) is 36.4 Å². The summed E-state index contributed by atoms with van der Waals surface area (Å²) in [4.78, 5) is 14.7. The Morgan fingerprint density at radius 2 is 1.88 bits per heavy atom. The Labute approximate surface area is 96.5 Å². The van der Waals surface area contributed by atoms with E-state index >= 15 is 0 Å². The molecule has 2 aromatic rings. The molecule has 17 heavy (non-hydrogen) atoms. The first-order chi connectivity index (χ1) is 8.09. The molecule has 0 bridgehead atoms. The van der Waals surface area contributed by atoms with Crippen molar-refractivity contribution in [1.82, 2.24) is 4.98 Å². The molecule has 2 rings (SSSR count). The fourth-order valence-electron chi connectivity index (χ4n) is 1.53. The zero-order chi connectivity index (χ0) is 12.4. The highest BCUT2D eigenvalue weighted by Gasteiger charge is 2.16. The number of rotatable bonds is 2. The van der Waals surface area contributed by atoms with Gasteiger partial charge in [-0.25, -0.2) is 14.2 Å². The van der Waals surface area contributed by atoms with Crippen molar-refractivity contribution in [3.05, 3.63) is 47.9 Å². The third-order valence-corrected chi connectivity index (χ3v) is 2.28. The molecular formula is C12H9FN2O2. The van der Waals surface area contributed by atoms with Crippen molar-refractivity contribution in [2.24, 2.45) is 0 Å². The first-order valence-electron chi connectivity index (χ1n) is 4.84. The second-order valence-electron chi connectivity index (χ2n) is 3.42. The predicted molar refractivity (Wildman–Crippen MR) is 61.0 cm³/mol. The minimum Gasteiger partial charge on any atom is -0.476 e. The molecule has 0 spiro atoms. The van der Waals surface area contributed by atoms with Gasteiger partial charge in [0.2, 0.25) is 0 Å². The fraction of sp³-hybridized carbons (Fsp3) is 0. The highest BCUT2D eigenvalue weighted by atomic mass is 19.1. The molecule has 0 atom stereocenters. The van der Waals surface area contributed by atoms with Crippen LogP contribution in [0, 0.1) is 5.82 Å². The lowest BCUT2D eigenvalue weighted by Crippen LogP contribution is -2.06. The molecule has 0 unspecified atom stereocenters. The van der Waals surface area contributed by atoms with Crippen molar-refractivity contribution in [2.45, 2.75) is 0 Å². The molecule has 0 radical (unpaired) electrons. The highest BCUT2D eigenvalue weighted by Crippen LogP contribution is 2.25. The lowest BCUT2D eigenvalue weighted by Gasteiger charge is -2.07. The van der Waals surface area contributed by atoms with Crippen LogP contribution in [-0.2, 0) is 0 Å². The lowest BCUT2D eigenvalue weighted by molar-refractivity contribution is 0.0691. The number of nitrogen functional groups attached to an aromatic ring is 1. The Morgan fingerprint density at radius 1 is 1.18 bits per heavy atom. The number of carboxylic acids is 1. The van der Waals surface area contributed by atoms with E-state index < -0.39 is 11.8 Å². The van der Waals surface area contributed by atoms with Gasteiger partial charge >= 0.3 is 5.97 Å². The summed E-state index contributed by atoms with van der Waals surface area (Å²) < 4.78 is 13.6. The number of pyridine rings is 1. The van der Waals surface area contributed by atoms with Gasteiger partial charge < -0.3 is 10.8 Å². The molecule has 0 saturated carbocycles. The SMILES string of the molecule is Nc1ccc(-c2ccccc2F)c(C(=O)O)n1. The summed E-state index contributed by atoms with van der Waals surface area (Å²) >= 11 is 0. The molecular weight excluding hydrogens is 223 g/mol. The predicted octanol–water partition coefficient (Wildman–Crippen LogP) is 2.17. The second kappa shape index (κ2) is 4.21. The normalized spacial score (nSPS) is 10.2. The van der Waals surface area contributed by atoms with Crippen LogP contribution in [0.3, 0.4) is 0 Å². The number of benzene rings is 1. The van der Waals surface area contributed by atoms with Gasteiger partial charge in [-0.2, -0.15) is 0 Å². The van der Waals surface area contributed by atoms with E-state index in [-0.39, 0.29) is 22.6 Å². The van der Waals surface area contributed by atoms with Crippen molar-refractivity contribution >= 4 is 11.8 Å². The Hall–Kier alpha value is -2.43. The topological polar surface area (TPSA) is 76.2 Å². The standard InChI is InChI=1S/C12H9FN2O2/c13-9-4-2-1-3-7(9)8-5-6-10(14)15-11(8)12(16)17/h1-6H,(H2,14,15)(H,16,17). The maximum absolute atomic E-state index is 13.6. The summed E-state index contributed by atoms with van der Waals surface area (Å²) in [5.74, 6) is -1.65. The van der Waals surface area contributed by atoms with Gasteiger partial charge in [0.25, 0.3) is 0 Å². The van der Waals surface area contributed by atoms with Crippen LogP contribution in [-0.4, -0.2) is 16.1 Å². The smallest absolute Gasteiger partial charge is 0.355 e. The van der Waals surface area contributed by atoms with E-state index in [0.29, 0.717) is 0 Å². The molecule has 0 aliphatic carbocycles. The van der Waals surface area contributed by atoms with Gasteiger partial charge in [-0.1, -0.05) is 18.2 Å². The molecule has 0 amide bonds. The van der Waals surface area contributed by atoms with E-state index in [0.717, 1.165) is 0 Å². The summed E-state index contributed by atoms with van der Waals surface area (Å²) in [5, 5.41) is 9.00. The molecule has 0 aliphatic rings. The van der Waals surface area contributed by atoms with Crippen molar-refractivity contribution in [1.29, 1.82) is 0 Å². The minimum atomic E-state index is -1.24. The summed E-state index contributed by atoms with van der Waals surface area (Å²) in [6.45, 7) is 0.